The Hall–Kier alpha value is -1.51. The molecule has 5 nitrogen and oxygen atoms in total. The number of rotatable bonds is 3. The Morgan fingerprint density at radius 2 is 2.07 bits per heavy atom. The fourth-order valence-corrected chi connectivity index (χ4v) is 4.15. The Labute approximate surface area is 170 Å². The first kappa shape index (κ1) is 21.2. The van der Waals surface area contributed by atoms with Crippen molar-refractivity contribution in [2.75, 3.05) is 0 Å². The van der Waals surface area contributed by atoms with E-state index in [9.17, 15) is 23.1 Å². The summed E-state index contributed by atoms with van der Waals surface area (Å²) in [7, 11) is 0. The molecule has 154 valence electrons. The zero-order valence-electron chi connectivity index (χ0n) is 15.1. The van der Waals surface area contributed by atoms with Crippen LogP contribution < -0.4 is 4.74 Å². The molecule has 0 aromatic heterocycles. The summed E-state index contributed by atoms with van der Waals surface area (Å²) in [5.41, 5.74) is -3.20. The van der Waals surface area contributed by atoms with Gasteiger partial charge in [0.15, 0.2) is 6.10 Å². The molecule has 1 aliphatic heterocycles. The molecule has 28 heavy (non-hydrogen) atoms. The number of alkyl halides is 3. The Kier molecular flexibility index (Phi) is 5.59. The molecule has 1 fully saturated rings. The summed E-state index contributed by atoms with van der Waals surface area (Å²) in [4.78, 5) is 12.8. The number of hydrazone groups is 1. The van der Waals surface area contributed by atoms with Crippen LogP contribution in [0.4, 0.5) is 13.2 Å². The first-order chi connectivity index (χ1) is 13.0. The van der Waals surface area contributed by atoms with Crippen molar-refractivity contribution in [2.45, 2.75) is 51.1 Å². The van der Waals surface area contributed by atoms with Gasteiger partial charge in [-0.05, 0) is 43.9 Å². The van der Waals surface area contributed by atoms with E-state index < -0.39 is 29.8 Å². The van der Waals surface area contributed by atoms with Crippen LogP contribution in [0, 0.1) is 11.8 Å². The Morgan fingerprint density at radius 1 is 1.39 bits per heavy atom. The summed E-state index contributed by atoms with van der Waals surface area (Å²) in [6.07, 6.45) is -5.18. The van der Waals surface area contributed by atoms with Gasteiger partial charge in [-0.15, -0.1) is 0 Å². The maximum atomic E-state index is 13.9. The fraction of sp³-hybridized carbons (Fsp3) is 0.556. The summed E-state index contributed by atoms with van der Waals surface area (Å²) in [5.74, 6) is -2.57. The van der Waals surface area contributed by atoms with E-state index in [-0.39, 0.29) is 33.8 Å². The lowest BCUT2D eigenvalue weighted by Gasteiger charge is -2.39. The number of carbonyl (C=O) groups excluding carboxylic acids is 1. The highest BCUT2D eigenvalue weighted by Crippen LogP contribution is 2.49. The molecule has 0 bridgehead atoms. The standard InChI is InChI=1S/C18H19Cl2F3N2O3/c1-9-4-3-5-12-15(9)24-25(17(12,27)18(21,22)23)16(26)10(2)28-14-7-6-11(19)8-13(14)20/h6-10,12,27H,3-5H2,1-2H3/t9-,10+,12-,17-/m1/s1. The number of aliphatic hydroxyl groups is 1. The molecule has 0 saturated heterocycles. The number of benzene rings is 1. The average molecular weight is 439 g/mol. The number of fused-ring (bicyclic) bond motifs is 1. The molecule has 3 rings (SSSR count). The van der Waals surface area contributed by atoms with E-state index in [0.29, 0.717) is 17.9 Å². The van der Waals surface area contributed by atoms with Crippen molar-refractivity contribution >= 4 is 34.8 Å². The Morgan fingerprint density at radius 3 is 2.68 bits per heavy atom. The van der Waals surface area contributed by atoms with E-state index in [2.05, 4.69) is 5.10 Å². The number of nitrogens with zero attached hydrogens (tertiary/aromatic N) is 2. The summed E-state index contributed by atoms with van der Waals surface area (Å²) in [5, 5.41) is 15.1. The normalized spacial score (nSPS) is 28.6. The minimum absolute atomic E-state index is 0.0834. The second kappa shape index (κ2) is 7.39. The number of ether oxygens (including phenoxy) is 1. The van der Waals surface area contributed by atoms with Crippen molar-refractivity contribution in [3.63, 3.8) is 0 Å². The van der Waals surface area contributed by atoms with Gasteiger partial charge in [0.25, 0.3) is 11.6 Å². The van der Waals surface area contributed by atoms with Gasteiger partial charge in [0.1, 0.15) is 5.75 Å². The van der Waals surface area contributed by atoms with Gasteiger partial charge in [-0.2, -0.15) is 23.3 Å². The fourth-order valence-electron chi connectivity index (χ4n) is 3.70. The molecule has 10 heteroatoms. The minimum Gasteiger partial charge on any atom is -0.479 e. The SMILES string of the molecule is C[C@@H]1CCC[C@@H]2C1=NN(C(=O)[C@H](C)Oc1ccc(Cl)cc1Cl)[C@]2(O)C(F)(F)F. The van der Waals surface area contributed by atoms with Crippen LogP contribution in [-0.4, -0.2) is 39.7 Å². The molecule has 1 aliphatic carbocycles. The number of hydrogen-bond acceptors (Lipinski definition) is 4. The number of hydrogen-bond donors (Lipinski definition) is 1. The molecule has 1 aromatic carbocycles. The second-order valence-corrected chi connectivity index (χ2v) is 7.96. The lowest BCUT2D eigenvalue weighted by Crippen LogP contribution is -2.63. The van der Waals surface area contributed by atoms with Crippen LogP contribution in [0.3, 0.4) is 0 Å². The number of amides is 1. The minimum atomic E-state index is -5.08. The van der Waals surface area contributed by atoms with Crippen molar-refractivity contribution in [3.05, 3.63) is 28.2 Å². The largest absolute Gasteiger partial charge is 0.479 e. The van der Waals surface area contributed by atoms with Crippen molar-refractivity contribution in [2.24, 2.45) is 16.9 Å². The molecule has 1 aromatic rings. The molecule has 0 spiro atoms. The smallest absolute Gasteiger partial charge is 0.439 e. The lowest BCUT2D eigenvalue weighted by molar-refractivity contribution is -0.318. The third-order valence-corrected chi connectivity index (χ3v) is 5.72. The summed E-state index contributed by atoms with van der Waals surface area (Å²) in [6.45, 7) is 3.01. The van der Waals surface area contributed by atoms with E-state index in [1.807, 2.05) is 0 Å². The summed E-state index contributed by atoms with van der Waals surface area (Å²) < 4.78 is 47.0. The molecule has 1 amide bonds. The van der Waals surface area contributed by atoms with Crippen molar-refractivity contribution in [3.8, 4) is 5.75 Å². The van der Waals surface area contributed by atoms with Gasteiger partial charge in [0, 0.05) is 10.7 Å². The summed E-state index contributed by atoms with van der Waals surface area (Å²) >= 11 is 11.8. The monoisotopic (exact) mass is 438 g/mol. The van der Waals surface area contributed by atoms with Gasteiger partial charge < -0.3 is 9.84 Å². The van der Waals surface area contributed by atoms with E-state index in [4.69, 9.17) is 27.9 Å². The first-order valence-corrected chi connectivity index (χ1v) is 9.55. The van der Waals surface area contributed by atoms with Gasteiger partial charge >= 0.3 is 6.18 Å². The highest BCUT2D eigenvalue weighted by Gasteiger charge is 2.69. The van der Waals surface area contributed by atoms with Crippen molar-refractivity contribution in [1.29, 1.82) is 0 Å². The highest BCUT2D eigenvalue weighted by atomic mass is 35.5. The maximum absolute atomic E-state index is 13.9. The van der Waals surface area contributed by atoms with Gasteiger partial charge in [-0.3, -0.25) is 4.79 Å². The Balaban J connectivity index is 1.91. The maximum Gasteiger partial charge on any atom is 0.439 e. The second-order valence-electron chi connectivity index (χ2n) is 7.12. The van der Waals surface area contributed by atoms with Crippen LogP contribution in [-0.2, 0) is 4.79 Å². The zero-order chi connectivity index (χ0) is 20.9. The van der Waals surface area contributed by atoms with Crippen LogP contribution in [0.15, 0.2) is 23.3 Å². The van der Waals surface area contributed by atoms with E-state index in [0.717, 1.165) is 0 Å². The molecule has 4 atom stereocenters. The van der Waals surface area contributed by atoms with E-state index in [1.165, 1.54) is 25.1 Å². The van der Waals surface area contributed by atoms with Gasteiger partial charge in [-0.25, -0.2) is 0 Å². The molecule has 1 saturated carbocycles. The van der Waals surface area contributed by atoms with Crippen LogP contribution in [0.2, 0.25) is 10.0 Å². The van der Waals surface area contributed by atoms with Crippen molar-refractivity contribution < 1.29 is 27.8 Å². The molecule has 1 N–H and O–H groups in total. The van der Waals surface area contributed by atoms with E-state index in [1.54, 1.807) is 6.92 Å². The lowest BCUT2D eigenvalue weighted by atomic mass is 9.75. The predicted molar refractivity (Wildman–Crippen MR) is 98.3 cm³/mol. The van der Waals surface area contributed by atoms with Crippen molar-refractivity contribution in [1.82, 2.24) is 5.01 Å². The van der Waals surface area contributed by atoms with E-state index >= 15 is 0 Å². The van der Waals surface area contributed by atoms with Gasteiger partial charge in [0.2, 0.25) is 0 Å². The molecule has 1 heterocycles. The first-order valence-electron chi connectivity index (χ1n) is 8.80. The molecule has 0 unspecified atom stereocenters. The highest BCUT2D eigenvalue weighted by molar-refractivity contribution is 6.35. The topological polar surface area (TPSA) is 62.1 Å². The number of carbonyl (C=O) groups is 1. The quantitative estimate of drug-likeness (QED) is 0.746. The third-order valence-electron chi connectivity index (χ3n) is 5.19. The molecule has 0 radical (unpaired) electrons. The Bertz CT molecular complexity index is 818. The average Bonchev–Trinajstić information content (AvgIpc) is 2.92. The van der Waals surface area contributed by atoms with Crippen LogP contribution in [0.1, 0.15) is 33.1 Å². The zero-order valence-corrected chi connectivity index (χ0v) is 16.6. The number of halogens is 5. The van der Waals surface area contributed by atoms with Crippen LogP contribution in [0.5, 0.6) is 5.75 Å². The van der Waals surface area contributed by atoms with Gasteiger partial charge in [-0.1, -0.05) is 36.5 Å². The van der Waals surface area contributed by atoms with Crippen LogP contribution in [0.25, 0.3) is 0 Å². The summed E-state index contributed by atoms with van der Waals surface area (Å²) in [6, 6.07) is 4.26. The molecular formula is C18H19Cl2F3N2O3. The molecular weight excluding hydrogens is 420 g/mol. The van der Waals surface area contributed by atoms with Crippen LogP contribution >= 0.6 is 23.2 Å². The third kappa shape index (κ3) is 3.46. The molecule has 2 aliphatic rings. The van der Waals surface area contributed by atoms with Gasteiger partial charge in [0.05, 0.1) is 10.9 Å². The predicted octanol–water partition coefficient (Wildman–Crippen LogP) is 4.65.